The average molecular weight is 513 g/mol. The van der Waals surface area contributed by atoms with Gasteiger partial charge in [0.25, 0.3) is 6.17 Å². The molecule has 1 unspecified atom stereocenters. The van der Waals surface area contributed by atoms with Crippen LogP contribution in [0.2, 0.25) is 10.0 Å². The molecular formula is C19H14BrCl2N4O2S+. The molecule has 29 heavy (non-hydrogen) atoms. The number of benzene rings is 2. The Labute approximate surface area is 189 Å². The van der Waals surface area contributed by atoms with Crippen molar-refractivity contribution < 1.29 is 9.48 Å². The van der Waals surface area contributed by atoms with Crippen LogP contribution in [-0.2, 0) is 4.79 Å². The summed E-state index contributed by atoms with van der Waals surface area (Å²) in [7, 11) is 0. The largest absolute Gasteiger partial charge is 0.325 e. The number of hydrogen-bond donors (Lipinski definition) is 1. The molecule has 0 radical (unpaired) electrons. The van der Waals surface area contributed by atoms with Crippen LogP contribution in [0.1, 0.15) is 18.7 Å². The Morgan fingerprint density at radius 1 is 1.31 bits per heavy atom. The molecule has 4 rings (SSSR count). The number of H-pyrrole nitrogens is 1. The number of carbonyl (C=O) groups is 1. The summed E-state index contributed by atoms with van der Waals surface area (Å²) in [5.41, 5.74) is 1.77. The van der Waals surface area contributed by atoms with Crippen LogP contribution in [0.15, 0.2) is 50.8 Å². The molecule has 1 atom stereocenters. The van der Waals surface area contributed by atoms with Crippen LogP contribution >= 0.6 is 50.9 Å². The fraction of sp³-hybridized carbons (Fsp3) is 0.158. The van der Waals surface area contributed by atoms with Crippen molar-refractivity contribution in [3.05, 3.63) is 66.8 Å². The Morgan fingerprint density at radius 3 is 2.76 bits per heavy atom. The van der Waals surface area contributed by atoms with Gasteiger partial charge in [-0.2, -0.15) is 0 Å². The molecule has 1 amide bonds. The summed E-state index contributed by atoms with van der Waals surface area (Å²) >= 11 is 17.5. The average Bonchev–Trinajstić information content (AvgIpc) is 2.68. The maximum atomic E-state index is 13.0. The Kier molecular flexibility index (Phi) is 5.46. The highest BCUT2D eigenvalue weighted by Gasteiger charge is 2.46. The standard InChI is InChI=1S/C19H13BrCl2N4O2S/c1-9(27)25-14-7-6-10(20)8-12(14)16-17(28)23-19(29-2)24-26(16)18(25)11-4-3-5-13(21)15(11)22/h3-8,18H,1-2H3/p+1. The van der Waals surface area contributed by atoms with Crippen molar-refractivity contribution >= 4 is 62.5 Å². The van der Waals surface area contributed by atoms with Gasteiger partial charge in [-0.25, -0.2) is 4.90 Å². The number of nitrogens with zero attached hydrogens (tertiary/aromatic N) is 3. The van der Waals surface area contributed by atoms with Gasteiger partial charge in [-0.15, -0.1) is 0 Å². The minimum atomic E-state index is -0.768. The summed E-state index contributed by atoms with van der Waals surface area (Å²) in [6.07, 6.45) is 1.04. The molecule has 1 aliphatic heterocycles. The number of amides is 1. The van der Waals surface area contributed by atoms with Crippen molar-refractivity contribution in [1.29, 1.82) is 0 Å². The smallest absolute Gasteiger partial charge is 0.291 e. The van der Waals surface area contributed by atoms with Gasteiger partial charge in [0.05, 0.1) is 26.9 Å². The van der Waals surface area contributed by atoms with Gasteiger partial charge in [-0.3, -0.25) is 14.6 Å². The molecule has 0 bridgehead atoms. The van der Waals surface area contributed by atoms with E-state index < -0.39 is 6.17 Å². The Hall–Kier alpha value is -1.87. The van der Waals surface area contributed by atoms with Crippen LogP contribution in [0, 0.1) is 0 Å². The van der Waals surface area contributed by atoms with E-state index in [9.17, 15) is 9.59 Å². The zero-order chi connectivity index (χ0) is 20.9. The van der Waals surface area contributed by atoms with Crippen LogP contribution in [0.25, 0.3) is 11.3 Å². The number of nitrogens with one attached hydrogen (secondary N) is 1. The molecule has 2 heterocycles. The molecule has 3 aromatic rings. The van der Waals surface area contributed by atoms with Crippen LogP contribution in [0.3, 0.4) is 0 Å². The Balaban J connectivity index is 2.14. The molecule has 10 heteroatoms. The number of aromatic nitrogens is 3. The molecule has 148 valence electrons. The molecule has 0 saturated carbocycles. The van der Waals surface area contributed by atoms with Crippen molar-refractivity contribution in [2.45, 2.75) is 18.2 Å². The molecule has 1 aromatic heterocycles. The first-order chi connectivity index (χ1) is 13.8. The molecule has 2 aromatic carbocycles. The number of hydrogen-bond acceptors (Lipinski definition) is 4. The summed E-state index contributed by atoms with van der Waals surface area (Å²) in [4.78, 5) is 30.2. The summed E-state index contributed by atoms with van der Waals surface area (Å²) in [5.74, 6) is -0.222. The second-order valence-electron chi connectivity index (χ2n) is 6.32. The first-order valence-corrected chi connectivity index (χ1v) is 11.2. The summed E-state index contributed by atoms with van der Waals surface area (Å²) < 4.78 is 2.32. The van der Waals surface area contributed by atoms with Crippen LogP contribution in [0.4, 0.5) is 5.69 Å². The van der Waals surface area contributed by atoms with Gasteiger partial charge in [0.1, 0.15) is 0 Å². The van der Waals surface area contributed by atoms with E-state index in [2.05, 4.69) is 26.0 Å². The number of halogens is 3. The van der Waals surface area contributed by atoms with Crippen molar-refractivity contribution in [2.24, 2.45) is 0 Å². The predicted molar refractivity (Wildman–Crippen MR) is 118 cm³/mol. The molecule has 0 aliphatic carbocycles. The zero-order valence-corrected chi connectivity index (χ0v) is 19.2. The molecule has 1 N–H and O–H groups in total. The van der Waals surface area contributed by atoms with Crippen LogP contribution < -0.4 is 15.1 Å². The highest BCUT2D eigenvalue weighted by molar-refractivity contribution is 9.10. The van der Waals surface area contributed by atoms with E-state index in [1.165, 1.54) is 18.7 Å². The van der Waals surface area contributed by atoms with Crippen molar-refractivity contribution in [1.82, 2.24) is 10.1 Å². The van der Waals surface area contributed by atoms with Crippen LogP contribution in [0.5, 0.6) is 0 Å². The first kappa shape index (κ1) is 20.4. The van der Waals surface area contributed by atoms with Gasteiger partial charge in [-0.1, -0.05) is 57.0 Å². The van der Waals surface area contributed by atoms with Gasteiger partial charge >= 0.3 is 11.3 Å². The summed E-state index contributed by atoms with van der Waals surface area (Å²) in [6.45, 7) is 1.46. The second-order valence-corrected chi connectivity index (χ2v) is 8.82. The van der Waals surface area contributed by atoms with Gasteiger partial charge in [0, 0.05) is 16.5 Å². The molecule has 1 aliphatic rings. The monoisotopic (exact) mass is 511 g/mol. The molecule has 0 saturated heterocycles. The van der Waals surface area contributed by atoms with Gasteiger partial charge in [-0.05, 0) is 41.3 Å². The van der Waals surface area contributed by atoms with Gasteiger partial charge in [0.15, 0.2) is 0 Å². The third-order valence-corrected chi connectivity index (χ3v) is 6.50. The number of fused-ring (bicyclic) bond motifs is 3. The van der Waals surface area contributed by atoms with Crippen LogP contribution in [-0.4, -0.2) is 22.2 Å². The topological polar surface area (TPSA) is 69.9 Å². The normalized spacial score (nSPS) is 15.1. The number of thioether (sulfide) groups is 1. The Morgan fingerprint density at radius 2 is 2.07 bits per heavy atom. The minimum Gasteiger partial charge on any atom is -0.291 e. The predicted octanol–water partition coefficient (Wildman–Crippen LogP) is 4.43. The third kappa shape index (κ3) is 3.38. The summed E-state index contributed by atoms with van der Waals surface area (Å²) in [6, 6.07) is 10.6. The molecule has 0 fully saturated rings. The highest BCUT2D eigenvalue weighted by atomic mass is 79.9. The minimum absolute atomic E-state index is 0.222. The van der Waals surface area contributed by atoms with E-state index in [0.717, 1.165) is 4.47 Å². The van der Waals surface area contributed by atoms with E-state index in [4.69, 9.17) is 23.2 Å². The molecule has 6 nitrogen and oxygen atoms in total. The van der Waals surface area contributed by atoms with E-state index >= 15 is 0 Å². The number of rotatable bonds is 2. The van der Waals surface area contributed by atoms with Gasteiger partial charge < -0.3 is 0 Å². The lowest BCUT2D eigenvalue weighted by Gasteiger charge is -2.31. The SMILES string of the molecule is CSc1n[n+]2c(c(=O)[nH]1)-c1cc(Br)ccc1N(C(C)=O)C2c1cccc(Cl)c1Cl. The fourth-order valence-corrected chi connectivity index (χ4v) is 4.56. The molecular weight excluding hydrogens is 499 g/mol. The van der Waals surface area contributed by atoms with E-state index in [1.807, 2.05) is 12.3 Å². The van der Waals surface area contributed by atoms with Crippen molar-refractivity contribution in [2.75, 3.05) is 11.2 Å². The fourth-order valence-electron chi connectivity index (χ4n) is 3.43. The maximum absolute atomic E-state index is 13.0. The lowest BCUT2D eigenvalue weighted by molar-refractivity contribution is -0.763. The number of aromatic amines is 1. The summed E-state index contributed by atoms with van der Waals surface area (Å²) in [5, 5.41) is 5.67. The lowest BCUT2D eigenvalue weighted by Crippen LogP contribution is -2.60. The van der Waals surface area contributed by atoms with E-state index in [0.29, 0.717) is 37.7 Å². The quantitative estimate of drug-likeness (QED) is 0.407. The third-order valence-electron chi connectivity index (χ3n) is 4.60. The maximum Gasteiger partial charge on any atom is 0.325 e. The van der Waals surface area contributed by atoms with Gasteiger partial charge in [0.2, 0.25) is 11.1 Å². The van der Waals surface area contributed by atoms with Crippen molar-refractivity contribution in [3.8, 4) is 11.3 Å². The number of carbonyl (C=O) groups excluding carboxylic acids is 1. The second kappa shape index (κ2) is 7.75. The van der Waals surface area contributed by atoms with E-state index in [-0.39, 0.29) is 11.5 Å². The number of anilines is 1. The van der Waals surface area contributed by atoms with E-state index in [1.54, 1.807) is 39.9 Å². The van der Waals surface area contributed by atoms with Crippen molar-refractivity contribution in [3.63, 3.8) is 0 Å². The zero-order valence-electron chi connectivity index (χ0n) is 15.2. The highest BCUT2D eigenvalue weighted by Crippen LogP contribution is 2.41. The molecule has 0 spiro atoms. The lowest BCUT2D eigenvalue weighted by atomic mass is 10.0. The first-order valence-electron chi connectivity index (χ1n) is 8.47. The Bertz CT molecular complexity index is 1220.